The van der Waals surface area contributed by atoms with Crippen LogP contribution in [-0.2, 0) is 33.9 Å². The molecule has 2 aromatic carbocycles. The minimum absolute atomic E-state index is 0.00251. The molecule has 2 atom stereocenters. The number of nitrogens with one attached hydrogen (secondary N) is 4. The minimum atomic E-state index is -0.686. The molecule has 11 nitrogen and oxygen atoms in total. The second-order valence-electron chi connectivity index (χ2n) is 13.9. The summed E-state index contributed by atoms with van der Waals surface area (Å²) in [5.74, 6) is -0.216. The fourth-order valence-corrected chi connectivity index (χ4v) is 7.73. The molecule has 11 heteroatoms. The average Bonchev–Trinajstić information content (AvgIpc) is 3.48. The predicted molar refractivity (Wildman–Crippen MR) is 189 cm³/mol. The van der Waals surface area contributed by atoms with Gasteiger partial charge in [-0.3, -0.25) is 14.4 Å². The van der Waals surface area contributed by atoms with Crippen molar-refractivity contribution < 1.29 is 19.2 Å². The zero-order valence-corrected chi connectivity index (χ0v) is 28.8. The molecule has 1 saturated heterocycles. The van der Waals surface area contributed by atoms with Gasteiger partial charge in [-0.15, -0.1) is 0 Å². The van der Waals surface area contributed by atoms with Crippen LogP contribution in [0, 0.1) is 5.41 Å². The molecule has 0 spiro atoms. The standard InChI is InChI=1S/C38H47N7O4/c1-5-38(14-17-44(18-15-38)37(49)41-24(2)3)36(48)45(22-27-10-7-6-9-26(27)21-39-4)23-32(46)42-28-13-12-25-19-31-29-11-8-16-40-34(29)43-35(47)33(31)30(25)20-28/h6-13,16,20,24,31,33,39H,5,14-15,17-19,21-23H2,1-4H3,(H,41,49)(H,42,46)(H,40,43,47)/t31-,33?/m1/s1. The van der Waals surface area contributed by atoms with E-state index in [1.54, 1.807) is 16.0 Å². The van der Waals surface area contributed by atoms with Crippen molar-refractivity contribution in [3.8, 4) is 0 Å². The van der Waals surface area contributed by atoms with Crippen LogP contribution in [0.2, 0.25) is 0 Å². The van der Waals surface area contributed by atoms with E-state index in [0.29, 0.717) is 50.4 Å². The molecular weight excluding hydrogens is 618 g/mol. The molecule has 3 heterocycles. The van der Waals surface area contributed by atoms with Crippen molar-refractivity contribution in [1.82, 2.24) is 25.4 Å². The summed E-state index contributed by atoms with van der Waals surface area (Å²) in [6.45, 7) is 7.61. The molecule has 4 N–H and O–H groups in total. The molecule has 5 amide bonds. The number of aromatic nitrogens is 1. The number of likely N-dealkylation sites (tertiary alicyclic amines) is 1. The summed E-state index contributed by atoms with van der Waals surface area (Å²) >= 11 is 0. The molecule has 6 rings (SSSR count). The summed E-state index contributed by atoms with van der Waals surface area (Å²) < 4.78 is 0. The molecule has 1 aliphatic carbocycles. The van der Waals surface area contributed by atoms with Crippen molar-refractivity contribution in [2.45, 2.75) is 77.4 Å². The minimum Gasteiger partial charge on any atom is -0.336 e. The van der Waals surface area contributed by atoms with Gasteiger partial charge in [0.1, 0.15) is 12.4 Å². The Balaban J connectivity index is 1.21. The lowest BCUT2D eigenvalue weighted by Gasteiger charge is -2.43. The number of piperidine rings is 1. The number of amides is 5. The largest absolute Gasteiger partial charge is 0.336 e. The van der Waals surface area contributed by atoms with Gasteiger partial charge in [-0.25, -0.2) is 9.78 Å². The van der Waals surface area contributed by atoms with Crippen molar-refractivity contribution in [1.29, 1.82) is 0 Å². The maximum Gasteiger partial charge on any atom is 0.317 e. The number of carbonyl (C=O) groups excluding carboxylic acids is 4. The van der Waals surface area contributed by atoms with Crippen LogP contribution in [0.5, 0.6) is 0 Å². The van der Waals surface area contributed by atoms with Crippen LogP contribution in [-0.4, -0.2) is 71.3 Å². The van der Waals surface area contributed by atoms with E-state index in [4.69, 9.17) is 0 Å². The monoisotopic (exact) mass is 665 g/mol. The molecule has 258 valence electrons. The number of hydrogen-bond acceptors (Lipinski definition) is 6. The highest BCUT2D eigenvalue weighted by Crippen LogP contribution is 2.49. The lowest BCUT2D eigenvalue weighted by atomic mass is 9.74. The second kappa shape index (κ2) is 14.4. The first kappa shape index (κ1) is 34.1. The zero-order valence-electron chi connectivity index (χ0n) is 28.8. The fraction of sp³-hybridized carbons (Fsp3) is 0.447. The number of benzene rings is 2. The van der Waals surface area contributed by atoms with Gasteiger partial charge in [-0.1, -0.05) is 43.3 Å². The van der Waals surface area contributed by atoms with Gasteiger partial charge in [-0.05, 0) is 92.6 Å². The Kier molecular flexibility index (Phi) is 10.0. The molecule has 1 fully saturated rings. The van der Waals surface area contributed by atoms with E-state index in [-0.39, 0.29) is 54.7 Å². The molecule has 2 aliphatic heterocycles. The number of carbonyl (C=O) groups is 4. The smallest absolute Gasteiger partial charge is 0.317 e. The van der Waals surface area contributed by atoms with Crippen LogP contribution >= 0.6 is 0 Å². The molecule has 0 bridgehead atoms. The Labute approximate surface area is 288 Å². The van der Waals surface area contributed by atoms with E-state index < -0.39 is 5.41 Å². The first-order chi connectivity index (χ1) is 23.6. The van der Waals surface area contributed by atoms with Crippen molar-refractivity contribution in [3.05, 3.63) is 88.6 Å². The lowest BCUT2D eigenvalue weighted by molar-refractivity contribution is -0.147. The number of fused-ring (bicyclic) bond motifs is 5. The number of pyridine rings is 1. The first-order valence-electron chi connectivity index (χ1n) is 17.4. The van der Waals surface area contributed by atoms with Gasteiger partial charge in [0.15, 0.2) is 0 Å². The quantitative estimate of drug-likeness (QED) is 0.247. The Morgan fingerprint density at radius 1 is 1.04 bits per heavy atom. The number of nitrogens with zero attached hydrogens (tertiary/aromatic N) is 3. The molecular formula is C38H47N7O4. The normalized spacial score (nSPS) is 19.0. The summed E-state index contributed by atoms with van der Waals surface area (Å²) in [4.78, 5) is 62.1. The SMILES string of the molecule is CCC1(C(=O)N(CC(=O)Nc2ccc3c(c2)C2C(=O)Nc4ncccc4[C@H]2C3)Cc2ccccc2CNC)CCN(C(=O)NC(C)C)CC1. The number of urea groups is 1. The summed E-state index contributed by atoms with van der Waals surface area (Å²) in [6.07, 6.45) is 4.07. The number of rotatable bonds is 10. The second-order valence-corrected chi connectivity index (χ2v) is 13.9. The highest BCUT2D eigenvalue weighted by molar-refractivity contribution is 6.01. The third-order valence-corrected chi connectivity index (χ3v) is 10.4. The van der Waals surface area contributed by atoms with E-state index in [2.05, 4.69) is 26.3 Å². The van der Waals surface area contributed by atoms with Gasteiger partial charge in [0.25, 0.3) is 0 Å². The zero-order chi connectivity index (χ0) is 34.7. The van der Waals surface area contributed by atoms with Crippen molar-refractivity contribution in [2.24, 2.45) is 5.41 Å². The van der Waals surface area contributed by atoms with Crippen LogP contribution in [0.15, 0.2) is 60.8 Å². The van der Waals surface area contributed by atoms with E-state index in [0.717, 1.165) is 34.2 Å². The van der Waals surface area contributed by atoms with Gasteiger partial charge < -0.3 is 31.1 Å². The van der Waals surface area contributed by atoms with Crippen molar-refractivity contribution in [2.75, 3.05) is 37.3 Å². The van der Waals surface area contributed by atoms with Gasteiger partial charge >= 0.3 is 6.03 Å². The third kappa shape index (κ3) is 7.03. The Bertz CT molecular complexity index is 1730. The Morgan fingerprint density at radius 2 is 1.80 bits per heavy atom. The predicted octanol–water partition coefficient (Wildman–Crippen LogP) is 4.75. The average molecular weight is 666 g/mol. The maximum atomic E-state index is 14.6. The maximum absolute atomic E-state index is 14.6. The first-order valence-corrected chi connectivity index (χ1v) is 17.4. The fourth-order valence-electron chi connectivity index (χ4n) is 7.73. The molecule has 1 unspecified atom stereocenters. The summed E-state index contributed by atoms with van der Waals surface area (Å²) in [7, 11) is 1.88. The molecule has 3 aliphatic rings. The molecule has 1 aromatic heterocycles. The van der Waals surface area contributed by atoms with Crippen LogP contribution < -0.4 is 21.3 Å². The van der Waals surface area contributed by atoms with Gasteiger partial charge in [-0.2, -0.15) is 0 Å². The highest BCUT2D eigenvalue weighted by atomic mass is 16.2. The van der Waals surface area contributed by atoms with Crippen molar-refractivity contribution >= 4 is 35.3 Å². The van der Waals surface area contributed by atoms with Gasteiger partial charge in [0.05, 0.1) is 11.3 Å². The van der Waals surface area contributed by atoms with Gasteiger partial charge in [0.2, 0.25) is 17.7 Å². The highest BCUT2D eigenvalue weighted by Gasteiger charge is 2.45. The van der Waals surface area contributed by atoms with E-state index >= 15 is 0 Å². The Morgan fingerprint density at radius 3 is 2.51 bits per heavy atom. The van der Waals surface area contributed by atoms with E-state index in [1.165, 1.54) is 0 Å². The van der Waals surface area contributed by atoms with Crippen molar-refractivity contribution in [3.63, 3.8) is 0 Å². The topological polar surface area (TPSA) is 136 Å². The molecule has 0 radical (unpaired) electrons. The third-order valence-electron chi connectivity index (χ3n) is 10.4. The molecule has 3 aromatic rings. The number of hydrogen-bond donors (Lipinski definition) is 4. The summed E-state index contributed by atoms with van der Waals surface area (Å²) in [5.41, 5.74) is 4.95. The molecule has 0 saturated carbocycles. The lowest BCUT2D eigenvalue weighted by Crippen LogP contribution is -2.54. The van der Waals surface area contributed by atoms with Gasteiger partial charge in [0, 0.05) is 50.0 Å². The van der Waals surface area contributed by atoms with E-state index in [1.807, 2.05) is 82.4 Å². The van der Waals surface area contributed by atoms with E-state index in [9.17, 15) is 19.2 Å². The summed E-state index contributed by atoms with van der Waals surface area (Å²) in [6, 6.07) is 17.5. The van der Waals surface area contributed by atoms with Crippen LogP contribution in [0.3, 0.4) is 0 Å². The molecule has 49 heavy (non-hydrogen) atoms. The summed E-state index contributed by atoms with van der Waals surface area (Å²) in [5, 5.41) is 12.1. The Hall–Kier alpha value is -4.77. The van der Waals surface area contributed by atoms with Crippen LogP contribution in [0.1, 0.15) is 79.7 Å². The van der Waals surface area contributed by atoms with Crippen LogP contribution in [0.25, 0.3) is 0 Å². The van der Waals surface area contributed by atoms with Crippen LogP contribution in [0.4, 0.5) is 16.3 Å². The number of anilines is 2.